The van der Waals surface area contributed by atoms with Gasteiger partial charge in [-0.15, -0.1) is 0 Å². The van der Waals surface area contributed by atoms with Gasteiger partial charge in [0, 0.05) is 37.6 Å². The molecule has 202 valence electrons. The number of ether oxygens (including phenoxy) is 3. The normalized spacial score (nSPS) is 10.8. The first-order valence-electron chi connectivity index (χ1n) is 10.7. The molecule has 0 aliphatic heterocycles. The van der Waals surface area contributed by atoms with Crippen molar-refractivity contribution in [3.63, 3.8) is 0 Å². The second kappa shape index (κ2) is 13.2. The number of nitrogens with one attached hydrogen (secondary N) is 1. The molecule has 3 N–H and O–H groups in total. The highest BCUT2D eigenvalue weighted by atomic mass is 35.5. The summed E-state index contributed by atoms with van der Waals surface area (Å²) in [4.78, 5) is 22.3. The lowest BCUT2D eigenvalue weighted by Crippen LogP contribution is -2.26. The highest BCUT2D eigenvalue weighted by Gasteiger charge is 2.23. The van der Waals surface area contributed by atoms with Crippen LogP contribution in [0.2, 0.25) is 5.02 Å². The van der Waals surface area contributed by atoms with Crippen LogP contribution in [0, 0.1) is 0 Å². The molecule has 0 bridgehead atoms. The third-order valence-electron chi connectivity index (χ3n) is 5.01. The molecular weight excluding hydrogens is 528 g/mol. The van der Waals surface area contributed by atoms with Crippen LogP contribution in [0.5, 0.6) is 11.5 Å². The second-order valence-electron chi connectivity index (χ2n) is 7.58. The standard InChI is InChI=1S/C22H25ClN4O5.CH4O3S/c1-27(22(29)32-4)17-10-15-19(14(7-8-28)20(17)31-3)25-12-26-21(15)24-11-13-5-6-18(30-2)16(23)9-13;1-5(2,3)4/h5-6,9-10,12,28H,7-8,11H2,1-4H3,(H,24,25,26);1H3,(H,2,3,4). The van der Waals surface area contributed by atoms with Crippen LogP contribution >= 0.6 is 11.6 Å². The minimum absolute atomic E-state index is 0.117. The van der Waals surface area contributed by atoms with Crippen molar-refractivity contribution >= 4 is 50.2 Å². The van der Waals surface area contributed by atoms with E-state index >= 15 is 0 Å². The number of hydrogen-bond acceptors (Lipinski definition) is 10. The number of hydrogen-bond donors (Lipinski definition) is 3. The second-order valence-corrected chi connectivity index (χ2v) is 9.46. The van der Waals surface area contributed by atoms with Crippen LogP contribution < -0.4 is 19.7 Å². The van der Waals surface area contributed by atoms with E-state index in [1.807, 2.05) is 12.1 Å². The number of carbonyl (C=O) groups is 1. The summed E-state index contributed by atoms with van der Waals surface area (Å²) >= 11 is 6.23. The van der Waals surface area contributed by atoms with Gasteiger partial charge in [-0.3, -0.25) is 9.45 Å². The van der Waals surface area contributed by atoms with E-state index in [-0.39, 0.29) is 13.0 Å². The molecule has 14 heteroatoms. The quantitative estimate of drug-likeness (QED) is 0.349. The molecule has 0 aliphatic rings. The average Bonchev–Trinajstić information content (AvgIpc) is 2.85. The summed E-state index contributed by atoms with van der Waals surface area (Å²) in [5.41, 5.74) is 2.68. The summed E-state index contributed by atoms with van der Waals surface area (Å²) in [6, 6.07) is 7.27. The zero-order chi connectivity index (χ0) is 27.8. The Balaban J connectivity index is 0.000000877. The predicted octanol–water partition coefficient (Wildman–Crippen LogP) is 3.15. The van der Waals surface area contributed by atoms with Gasteiger partial charge in [-0.1, -0.05) is 17.7 Å². The van der Waals surface area contributed by atoms with E-state index < -0.39 is 16.2 Å². The highest BCUT2D eigenvalue weighted by molar-refractivity contribution is 7.85. The number of aromatic nitrogens is 2. The van der Waals surface area contributed by atoms with Gasteiger partial charge in [-0.2, -0.15) is 8.42 Å². The smallest absolute Gasteiger partial charge is 0.413 e. The molecule has 1 amide bonds. The molecule has 1 heterocycles. The van der Waals surface area contributed by atoms with E-state index in [1.165, 1.54) is 25.4 Å². The van der Waals surface area contributed by atoms with Gasteiger partial charge in [0.1, 0.15) is 23.6 Å². The van der Waals surface area contributed by atoms with Gasteiger partial charge >= 0.3 is 6.09 Å². The van der Waals surface area contributed by atoms with Crippen LogP contribution in [-0.4, -0.2) is 75.4 Å². The van der Waals surface area contributed by atoms with Gasteiger partial charge in [-0.05, 0) is 23.8 Å². The van der Waals surface area contributed by atoms with E-state index in [2.05, 4.69) is 15.3 Å². The molecule has 2 aromatic carbocycles. The molecular formula is C23H29ClN4O8S. The monoisotopic (exact) mass is 556 g/mol. The van der Waals surface area contributed by atoms with Gasteiger partial charge in [-0.25, -0.2) is 14.8 Å². The van der Waals surface area contributed by atoms with Crippen LogP contribution in [0.3, 0.4) is 0 Å². The fraction of sp³-hybridized carbons (Fsp3) is 0.348. The third-order valence-corrected chi connectivity index (χ3v) is 5.30. The molecule has 1 aromatic heterocycles. The number of nitrogens with zero attached hydrogens (tertiary/aromatic N) is 3. The van der Waals surface area contributed by atoms with Crippen LogP contribution in [0.1, 0.15) is 11.1 Å². The lowest BCUT2D eigenvalue weighted by Gasteiger charge is -2.22. The zero-order valence-corrected chi connectivity index (χ0v) is 22.6. The molecule has 3 aromatic rings. The minimum Gasteiger partial charge on any atom is -0.495 e. The number of aliphatic hydroxyl groups is 1. The topological polar surface area (TPSA) is 160 Å². The maximum absolute atomic E-state index is 12.2. The van der Waals surface area contributed by atoms with E-state index in [4.69, 9.17) is 30.4 Å². The van der Waals surface area contributed by atoms with E-state index in [9.17, 15) is 18.3 Å². The maximum Gasteiger partial charge on any atom is 0.413 e. The number of benzene rings is 2. The summed E-state index contributed by atoms with van der Waals surface area (Å²) < 4.78 is 41.5. The number of amides is 1. The molecule has 37 heavy (non-hydrogen) atoms. The molecule has 0 saturated carbocycles. The van der Waals surface area contributed by atoms with Crippen LogP contribution in [-0.2, 0) is 27.8 Å². The molecule has 0 unspecified atom stereocenters. The van der Waals surface area contributed by atoms with Gasteiger partial charge in [0.15, 0.2) is 0 Å². The lowest BCUT2D eigenvalue weighted by molar-refractivity contribution is 0.180. The average molecular weight is 557 g/mol. The van der Waals surface area contributed by atoms with E-state index in [0.29, 0.717) is 57.3 Å². The van der Waals surface area contributed by atoms with Crippen molar-refractivity contribution in [2.45, 2.75) is 13.0 Å². The Labute approximate surface area is 219 Å². The SMILES string of the molecule is COC(=O)N(C)c1cc2c(NCc3ccc(OC)c(Cl)c3)ncnc2c(CCO)c1OC.CS(=O)(=O)O. The minimum atomic E-state index is -3.67. The van der Waals surface area contributed by atoms with Gasteiger partial charge in [0.2, 0.25) is 0 Å². The van der Waals surface area contributed by atoms with Gasteiger partial charge in [0.25, 0.3) is 10.1 Å². The summed E-state index contributed by atoms with van der Waals surface area (Å²) in [5.74, 6) is 1.59. The number of aliphatic hydroxyl groups excluding tert-OH is 1. The first-order valence-corrected chi connectivity index (χ1v) is 12.9. The molecule has 0 aliphatic carbocycles. The third kappa shape index (κ3) is 8.05. The van der Waals surface area contributed by atoms with Crippen molar-refractivity contribution in [1.82, 2.24) is 9.97 Å². The van der Waals surface area contributed by atoms with Crippen LogP contribution in [0.15, 0.2) is 30.6 Å². The van der Waals surface area contributed by atoms with Crippen LogP contribution in [0.4, 0.5) is 16.3 Å². The fourth-order valence-corrected chi connectivity index (χ4v) is 3.72. The largest absolute Gasteiger partial charge is 0.495 e. The van der Waals surface area contributed by atoms with Crippen molar-refractivity contribution in [1.29, 1.82) is 0 Å². The summed E-state index contributed by atoms with van der Waals surface area (Å²) in [6.45, 7) is 0.327. The molecule has 3 rings (SSSR count). The molecule has 0 radical (unpaired) electrons. The number of methoxy groups -OCH3 is 3. The lowest BCUT2D eigenvalue weighted by atomic mass is 10.0. The summed E-state index contributed by atoms with van der Waals surface area (Å²) in [7, 11) is 2.28. The molecule has 0 spiro atoms. The van der Waals surface area contributed by atoms with E-state index in [1.54, 1.807) is 26.3 Å². The van der Waals surface area contributed by atoms with Crippen molar-refractivity contribution in [2.24, 2.45) is 0 Å². The Hall–Kier alpha value is -3.39. The Bertz CT molecular complexity index is 1350. The summed E-state index contributed by atoms with van der Waals surface area (Å²) in [5, 5.41) is 14.1. The first kappa shape index (κ1) is 29.8. The Morgan fingerprint density at radius 1 is 1.16 bits per heavy atom. The molecule has 12 nitrogen and oxygen atoms in total. The number of halogens is 1. The zero-order valence-electron chi connectivity index (χ0n) is 21.0. The van der Waals surface area contributed by atoms with Crippen molar-refractivity contribution in [3.05, 3.63) is 46.7 Å². The first-order chi connectivity index (χ1) is 17.4. The Morgan fingerprint density at radius 2 is 1.84 bits per heavy atom. The Morgan fingerprint density at radius 3 is 2.38 bits per heavy atom. The Kier molecular flexibility index (Phi) is 10.7. The maximum atomic E-state index is 12.2. The summed E-state index contributed by atoms with van der Waals surface area (Å²) in [6.07, 6.45) is 1.88. The van der Waals surface area contributed by atoms with Crippen molar-refractivity contribution in [3.8, 4) is 11.5 Å². The molecule has 0 fully saturated rings. The number of rotatable bonds is 8. The van der Waals surface area contributed by atoms with Crippen LogP contribution in [0.25, 0.3) is 10.9 Å². The number of fused-ring (bicyclic) bond motifs is 1. The number of anilines is 2. The van der Waals surface area contributed by atoms with Gasteiger partial charge in [0.05, 0.1) is 43.8 Å². The molecule has 0 saturated heterocycles. The predicted molar refractivity (Wildman–Crippen MR) is 140 cm³/mol. The van der Waals surface area contributed by atoms with Crippen molar-refractivity contribution < 1.29 is 37.1 Å². The highest BCUT2D eigenvalue weighted by Crippen LogP contribution is 2.39. The van der Waals surface area contributed by atoms with E-state index in [0.717, 1.165) is 5.56 Å². The van der Waals surface area contributed by atoms with Gasteiger partial charge < -0.3 is 24.6 Å². The molecule has 0 atom stereocenters. The fourth-order valence-electron chi connectivity index (χ4n) is 3.44. The number of carbonyl (C=O) groups excluding carboxylic acids is 1. The van der Waals surface area contributed by atoms with Crippen molar-refractivity contribution in [2.75, 3.05) is 51.5 Å².